The van der Waals surface area contributed by atoms with Crippen molar-refractivity contribution in [3.63, 3.8) is 0 Å². The molecule has 0 amide bonds. The summed E-state index contributed by atoms with van der Waals surface area (Å²) in [7, 11) is -1.91. The van der Waals surface area contributed by atoms with Crippen LogP contribution in [0.1, 0.15) is 10.6 Å². The van der Waals surface area contributed by atoms with Gasteiger partial charge in [-0.2, -0.15) is 0 Å². The monoisotopic (exact) mass is 363 g/mol. The molecular formula is C16H17N3O3S2. The van der Waals surface area contributed by atoms with Crippen molar-refractivity contribution < 1.29 is 13.2 Å². The fourth-order valence-electron chi connectivity index (χ4n) is 2.48. The van der Waals surface area contributed by atoms with Gasteiger partial charge in [0.15, 0.2) is 0 Å². The van der Waals surface area contributed by atoms with Crippen LogP contribution in [0.2, 0.25) is 0 Å². The van der Waals surface area contributed by atoms with Crippen molar-refractivity contribution in [3.8, 4) is 16.3 Å². The molecule has 1 aromatic carbocycles. The van der Waals surface area contributed by atoms with E-state index in [9.17, 15) is 8.42 Å². The lowest BCUT2D eigenvalue weighted by Gasteiger charge is -2.13. The third kappa shape index (κ3) is 3.34. The molecule has 6 nitrogen and oxygen atoms in total. The number of sulfonamides is 1. The minimum Gasteiger partial charge on any atom is -0.495 e. The molecule has 3 rings (SSSR count). The van der Waals surface area contributed by atoms with Gasteiger partial charge in [-0.05, 0) is 37.6 Å². The summed E-state index contributed by atoms with van der Waals surface area (Å²) in [5.74, 6) is 0.458. The fourth-order valence-corrected chi connectivity index (χ4v) is 3.77. The molecule has 0 radical (unpaired) electrons. The Hall–Kier alpha value is -2.19. The molecule has 0 aliphatic carbocycles. The molecule has 2 heterocycles. The number of benzene rings is 1. The largest absolute Gasteiger partial charge is 0.495 e. The van der Waals surface area contributed by atoms with E-state index >= 15 is 0 Å². The SMILES string of the molecule is COc1cc2c(C)cc(-c3cnc(C)s3)nc2cc1NS(C)(=O)=O. The second kappa shape index (κ2) is 6.03. The first-order chi connectivity index (χ1) is 11.3. The Morgan fingerprint density at radius 2 is 1.96 bits per heavy atom. The van der Waals surface area contributed by atoms with Crippen LogP contribution < -0.4 is 9.46 Å². The predicted octanol–water partition coefficient (Wildman–Crippen LogP) is 3.36. The van der Waals surface area contributed by atoms with E-state index in [4.69, 9.17) is 4.74 Å². The smallest absolute Gasteiger partial charge is 0.229 e. The lowest BCUT2D eigenvalue weighted by atomic mass is 10.1. The van der Waals surface area contributed by atoms with Gasteiger partial charge < -0.3 is 4.74 Å². The van der Waals surface area contributed by atoms with Gasteiger partial charge in [0.25, 0.3) is 0 Å². The number of nitrogens with zero attached hydrogens (tertiary/aromatic N) is 2. The minimum absolute atomic E-state index is 0.372. The molecule has 0 aliphatic heterocycles. The van der Waals surface area contributed by atoms with Crippen molar-refractivity contribution in [3.05, 3.63) is 35.0 Å². The maximum absolute atomic E-state index is 11.6. The van der Waals surface area contributed by atoms with Crippen molar-refractivity contribution in [2.24, 2.45) is 0 Å². The van der Waals surface area contributed by atoms with Gasteiger partial charge in [-0.25, -0.2) is 18.4 Å². The lowest BCUT2D eigenvalue weighted by molar-refractivity contribution is 0.417. The van der Waals surface area contributed by atoms with Crippen LogP contribution in [0.15, 0.2) is 24.4 Å². The number of rotatable bonds is 4. The number of ether oxygens (including phenoxy) is 1. The molecule has 8 heteroatoms. The maximum Gasteiger partial charge on any atom is 0.229 e. The molecule has 0 saturated heterocycles. The number of anilines is 1. The molecule has 1 N–H and O–H groups in total. The van der Waals surface area contributed by atoms with E-state index in [-0.39, 0.29) is 0 Å². The summed E-state index contributed by atoms with van der Waals surface area (Å²) in [6, 6.07) is 5.49. The van der Waals surface area contributed by atoms with Gasteiger partial charge in [0.05, 0.1) is 40.1 Å². The number of aromatic nitrogens is 2. The van der Waals surface area contributed by atoms with Crippen molar-refractivity contribution in [2.45, 2.75) is 13.8 Å². The number of hydrogen-bond donors (Lipinski definition) is 1. The number of methoxy groups -OCH3 is 1. The van der Waals surface area contributed by atoms with Crippen LogP contribution in [-0.4, -0.2) is 31.8 Å². The third-order valence-corrected chi connectivity index (χ3v) is 5.03. The Morgan fingerprint density at radius 1 is 1.21 bits per heavy atom. The predicted molar refractivity (Wildman–Crippen MR) is 97.3 cm³/mol. The molecule has 0 atom stereocenters. The van der Waals surface area contributed by atoms with E-state index < -0.39 is 10.0 Å². The first-order valence-electron chi connectivity index (χ1n) is 7.17. The van der Waals surface area contributed by atoms with Crippen LogP contribution >= 0.6 is 11.3 Å². The van der Waals surface area contributed by atoms with Crippen molar-refractivity contribution in [2.75, 3.05) is 18.1 Å². The van der Waals surface area contributed by atoms with E-state index in [1.807, 2.05) is 19.9 Å². The second-order valence-corrected chi connectivity index (χ2v) is 8.50. The molecule has 0 aliphatic rings. The molecule has 0 unspecified atom stereocenters. The summed E-state index contributed by atoms with van der Waals surface area (Å²) in [6.45, 7) is 3.94. The van der Waals surface area contributed by atoms with Crippen LogP contribution in [0.25, 0.3) is 21.5 Å². The average molecular weight is 363 g/mol. The molecule has 0 saturated carbocycles. The average Bonchev–Trinajstić information content (AvgIpc) is 2.91. The molecule has 24 heavy (non-hydrogen) atoms. The summed E-state index contributed by atoms with van der Waals surface area (Å²) in [5, 5.41) is 1.88. The van der Waals surface area contributed by atoms with Crippen molar-refractivity contribution in [1.29, 1.82) is 0 Å². The Morgan fingerprint density at radius 3 is 2.54 bits per heavy atom. The van der Waals surface area contributed by atoms with Crippen molar-refractivity contribution in [1.82, 2.24) is 9.97 Å². The molecule has 3 aromatic rings. The minimum atomic E-state index is -3.41. The summed E-state index contributed by atoms with van der Waals surface area (Å²) in [6.07, 6.45) is 2.90. The normalized spacial score (nSPS) is 11.7. The Balaban J connectivity index is 2.21. The maximum atomic E-state index is 11.6. The number of thiazole rings is 1. The first-order valence-corrected chi connectivity index (χ1v) is 9.87. The van der Waals surface area contributed by atoms with Crippen LogP contribution in [-0.2, 0) is 10.0 Å². The second-order valence-electron chi connectivity index (χ2n) is 5.51. The number of hydrogen-bond acceptors (Lipinski definition) is 6. The van der Waals surface area contributed by atoms with Gasteiger partial charge in [-0.15, -0.1) is 11.3 Å². The van der Waals surface area contributed by atoms with Gasteiger partial charge in [-0.1, -0.05) is 0 Å². The fraction of sp³-hybridized carbons (Fsp3) is 0.250. The zero-order chi connectivity index (χ0) is 17.5. The number of fused-ring (bicyclic) bond motifs is 1. The van der Waals surface area contributed by atoms with Crippen LogP contribution in [0, 0.1) is 13.8 Å². The zero-order valence-corrected chi connectivity index (χ0v) is 15.4. The highest BCUT2D eigenvalue weighted by molar-refractivity contribution is 7.92. The standard InChI is InChI=1S/C16H17N3O3S2/c1-9-5-14(16-8-17-10(2)23-16)18-12-7-13(19-24(4,20)21)15(22-3)6-11(9)12/h5-8,19H,1-4H3. The number of pyridine rings is 1. The Bertz CT molecular complexity index is 1030. The topological polar surface area (TPSA) is 81.2 Å². The zero-order valence-electron chi connectivity index (χ0n) is 13.7. The summed E-state index contributed by atoms with van der Waals surface area (Å²) in [5.41, 5.74) is 2.92. The summed E-state index contributed by atoms with van der Waals surface area (Å²) >= 11 is 1.57. The van der Waals surface area contributed by atoms with Gasteiger partial charge >= 0.3 is 0 Å². The van der Waals surface area contributed by atoms with E-state index in [1.54, 1.807) is 29.7 Å². The third-order valence-electron chi connectivity index (χ3n) is 3.51. The number of aryl methyl sites for hydroxylation is 2. The molecule has 126 valence electrons. The molecule has 2 aromatic heterocycles. The Kier molecular flexibility index (Phi) is 4.18. The van der Waals surface area contributed by atoms with E-state index in [0.29, 0.717) is 17.0 Å². The van der Waals surface area contributed by atoms with Crippen LogP contribution in [0.4, 0.5) is 5.69 Å². The molecule has 0 fully saturated rings. The van der Waals surface area contributed by atoms with Gasteiger partial charge in [-0.3, -0.25) is 4.72 Å². The Labute approximate surface area is 144 Å². The molecular weight excluding hydrogens is 346 g/mol. The van der Waals surface area contributed by atoms with Crippen molar-refractivity contribution >= 4 is 38.0 Å². The quantitative estimate of drug-likeness (QED) is 0.769. The highest BCUT2D eigenvalue weighted by Gasteiger charge is 2.14. The highest BCUT2D eigenvalue weighted by atomic mass is 32.2. The van der Waals surface area contributed by atoms with E-state index in [2.05, 4.69) is 14.7 Å². The van der Waals surface area contributed by atoms with Gasteiger partial charge in [0.2, 0.25) is 10.0 Å². The highest BCUT2D eigenvalue weighted by Crippen LogP contribution is 2.34. The van der Waals surface area contributed by atoms with Crippen LogP contribution in [0.3, 0.4) is 0 Å². The summed E-state index contributed by atoms with van der Waals surface area (Å²) in [4.78, 5) is 9.91. The van der Waals surface area contributed by atoms with Crippen LogP contribution in [0.5, 0.6) is 5.75 Å². The molecule has 0 bridgehead atoms. The first kappa shape index (κ1) is 16.7. The number of nitrogens with one attached hydrogen (secondary N) is 1. The van der Waals surface area contributed by atoms with Gasteiger partial charge in [0, 0.05) is 11.6 Å². The van der Waals surface area contributed by atoms with E-state index in [1.165, 1.54) is 7.11 Å². The summed E-state index contributed by atoms with van der Waals surface area (Å²) < 4.78 is 30.9. The lowest BCUT2D eigenvalue weighted by Crippen LogP contribution is -2.10. The van der Waals surface area contributed by atoms with Gasteiger partial charge in [0.1, 0.15) is 5.75 Å². The molecule has 0 spiro atoms. The van der Waals surface area contributed by atoms with E-state index in [0.717, 1.165) is 32.8 Å².